The summed E-state index contributed by atoms with van der Waals surface area (Å²) in [5.74, 6) is -0.0662. The lowest BCUT2D eigenvalue weighted by molar-refractivity contribution is -0.120. The molecular formula is C18H21N5OS. The maximum atomic E-state index is 12.3. The van der Waals surface area contributed by atoms with Crippen molar-refractivity contribution in [2.45, 2.75) is 26.4 Å². The van der Waals surface area contributed by atoms with Crippen molar-refractivity contribution < 1.29 is 4.79 Å². The predicted molar refractivity (Wildman–Crippen MR) is 100.0 cm³/mol. The molecule has 1 amide bonds. The fourth-order valence-electron chi connectivity index (χ4n) is 2.47. The first kappa shape index (κ1) is 17.3. The summed E-state index contributed by atoms with van der Waals surface area (Å²) in [6.07, 6.45) is 5.51. The number of carbonyl (C=O) groups is 1. The van der Waals surface area contributed by atoms with E-state index >= 15 is 0 Å². The number of hydrogen-bond donors (Lipinski definition) is 1. The number of hydrogen-bond acceptors (Lipinski definition) is 5. The summed E-state index contributed by atoms with van der Waals surface area (Å²) in [6, 6.07) is 7.92. The van der Waals surface area contributed by atoms with E-state index in [4.69, 9.17) is 0 Å². The molecule has 130 valence electrons. The van der Waals surface area contributed by atoms with Gasteiger partial charge < -0.3 is 5.32 Å². The zero-order valence-corrected chi connectivity index (χ0v) is 15.3. The predicted octanol–water partition coefficient (Wildman–Crippen LogP) is 3.10. The van der Waals surface area contributed by atoms with Gasteiger partial charge in [-0.15, -0.1) is 11.3 Å². The number of anilines is 1. The van der Waals surface area contributed by atoms with Gasteiger partial charge in [0.15, 0.2) is 5.13 Å². The number of likely N-dealkylation sites (N-methyl/N-ethyl adjacent to an activating group) is 1. The maximum absolute atomic E-state index is 12.3. The van der Waals surface area contributed by atoms with E-state index in [1.807, 2.05) is 53.5 Å². The molecule has 0 aliphatic heterocycles. The van der Waals surface area contributed by atoms with E-state index in [1.54, 1.807) is 6.20 Å². The van der Waals surface area contributed by atoms with Crippen molar-refractivity contribution in [2.24, 2.45) is 0 Å². The molecule has 0 aliphatic rings. The van der Waals surface area contributed by atoms with Crippen LogP contribution in [0.5, 0.6) is 0 Å². The minimum Gasteiger partial charge on any atom is -0.301 e. The molecule has 0 saturated heterocycles. The number of amides is 1. The number of aryl methyl sites for hydroxylation is 1. The van der Waals surface area contributed by atoms with Gasteiger partial charge in [0.2, 0.25) is 5.91 Å². The van der Waals surface area contributed by atoms with Gasteiger partial charge in [-0.3, -0.25) is 9.69 Å². The molecule has 2 aromatic heterocycles. The van der Waals surface area contributed by atoms with Crippen LogP contribution in [0.25, 0.3) is 5.69 Å². The second-order valence-electron chi connectivity index (χ2n) is 6.05. The zero-order chi connectivity index (χ0) is 17.8. The van der Waals surface area contributed by atoms with Crippen LogP contribution in [0.15, 0.2) is 48.2 Å². The molecule has 3 aromatic rings. The van der Waals surface area contributed by atoms with E-state index in [2.05, 4.69) is 34.5 Å². The van der Waals surface area contributed by atoms with E-state index in [9.17, 15) is 4.79 Å². The second-order valence-corrected chi connectivity index (χ2v) is 6.94. The van der Waals surface area contributed by atoms with Gasteiger partial charge in [-0.25, -0.2) is 9.67 Å². The summed E-state index contributed by atoms with van der Waals surface area (Å²) in [5.41, 5.74) is 3.28. The van der Waals surface area contributed by atoms with Crippen molar-refractivity contribution in [1.29, 1.82) is 0 Å². The largest absolute Gasteiger partial charge is 0.301 e. The fraction of sp³-hybridized carbons (Fsp3) is 0.278. The average Bonchev–Trinajstić information content (AvgIpc) is 3.26. The molecule has 0 spiro atoms. The number of carbonyl (C=O) groups excluding carboxylic acids is 1. The molecule has 1 atom stereocenters. The average molecular weight is 355 g/mol. The molecule has 2 heterocycles. The Hall–Kier alpha value is -2.51. The first-order chi connectivity index (χ1) is 12.0. The van der Waals surface area contributed by atoms with Gasteiger partial charge in [-0.1, -0.05) is 12.1 Å². The monoisotopic (exact) mass is 355 g/mol. The van der Waals surface area contributed by atoms with Gasteiger partial charge in [0.25, 0.3) is 0 Å². The molecule has 0 bridgehead atoms. The van der Waals surface area contributed by atoms with E-state index in [0.717, 1.165) is 11.3 Å². The smallest absolute Gasteiger partial charge is 0.243 e. The van der Waals surface area contributed by atoms with Crippen molar-refractivity contribution in [3.63, 3.8) is 0 Å². The number of aromatic nitrogens is 3. The third-order valence-corrected chi connectivity index (χ3v) is 4.73. The van der Waals surface area contributed by atoms with Crippen LogP contribution >= 0.6 is 11.3 Å². The minimum absolute atomic E-state index is 0.0662. The van der Waals surface area contributed by atoms with Crippen LogP contribution in [0.4, 0.5) is 5.13 Å². The molecule has 7 heteroatoms. The summed E-state index contributed by atoms with van der Waals surface area (Å²) in [6.45, 7) is 4.58. The molecule has 6 nitrogen and oxygen atoms in total. The highest BCUT2D eigenvalue weighted by Gasteiger charge is 2.19. The Morgan fingerprint density at radius 2 is 2.28 bits per heavy atom. The molecule has 1 N–H and O–H groups in total. The van der Waals surface area contributed by atoms with Crippen molar-refractivity contribution in [2.75, 3.05) is 12.4 Å². The minimum atomic E-state index is -0.272. The Bertz CT molecular complexity index is 843. The van der Waals surface area contributed by atoms with E-state index < -0.39 is 0 Å². The topological polar surface area (TPSA) is 63.1 Å². The van der Waals surface area contributed by atoms with Gasteiger partial charge in [0.05, 0.1) is 17.9 Å². The fourth-order valence-corrected chi connectivity index (χ4v) is 3.01. The molecule has 0 aliphatic carbocycles. The normalized spacial score (nSPS) is 12.3. The van der Waals surface area contributed by atoms with E-state index in [-0.39, 0.29) is 11.9 Å². The highest BCUT2D eigenvalue weighted by Crippen LogP contribution is 2.14. The standard InChI is InChI=1S/C18H21N5OS/c1-13-5-4-6-16(9-13)23-12-15(10-20-23)11-22(3)14(2)17(24)21-18-19-7-8-25-18/h4-10,12,14H,11H2,1-3H3,(H,19,21,24)/t14-/m0/s1. The summed E-state index contributed by atoms with van der Waals surface area (Å²) in [5, 5.41) is 9.72. The highest BCUT2D eigenvalue weighted by atomic mass is 32.1. The Labute approximate surface area is 151 Å². The van der Waals surface area contributed by atoms with Gasteiger partial charge in [0.1, 0.15) is 0 Å². The van der Waals surface area contributed by atoms with Gasteiger partial charge in [-0.2, -0.15) is 5.10 Å². The lowest BCUT2D eigenvalue weighted by Crippen LogP contribution is -2.39. The molecular weight excluding hydrogens is 334 g/mol. The lowest BCUT2D eigenvalue weighted by atomic mass is 10.2. The Morgan fingerprint density at radius 3 is 3.00 bits per heavy atom. The first-order valence-corrected chi connectivity index (χ1v) is 8.92. The number of benzene rings is 1. The molecule has 0 fully saturated rings. The first-order valence-electron chi connectivity index (χ1n) is 8.04. The number of thiazole rings is 1. The Kier molecular flexibility index (Phi) is 5.25. The summed E-state index contributed by atoms with van der Waals surface area (Å²) >= 11 is 1.41. The lowest BCUT2D eigenvalue weighted by Gasteiger charge is -2.22. The molecule has 3 rings (SSSR count). The summed E-state index contributed by atoms with van der Waals surface area (Å²) in [7, 11) is 1.93. The van der Waals surface area contributed by atoms with Crippen LogP contribution in [0.1, 0.15) is 18.1 Å². The van der Waals surface area contributed by atoms with Crippen LogP contribution in [0.2, 0.25) is 0 Å². The summed E-state index contributed by atoms with van der Waals surface area (Å²) < 4.78 is 1.86. The Morgan fingerprint density at radius 1 is 1.44 bits per heavy atom. The number of nitrogens with one attached hydrogen (secondary N) is 1. The quantitative estimate of drug-likeness (QED) is 0.738. The second kappa shape index (κ2) is 7.58. The van der Waals surface area contributed by atoms with Crippen molar-refractivity contribution in [1.82, 2.24) is 19.7 Å². The van der Waals surface area contributed by atoms with E-state index in [0.29, 0.717) is 11.7 Å². The van der Waals surface area contributed by atoms with Crippen LogP contribution in [-0.2, 0) is 11.3 Å². The SMILES string of the molecule is Cc1cccc(-n2cc(CN(C)[C@@H](C)C(=O)Nc3nccs3)cn2)c1. The van der Waals surface area contributed by atoms with Crippen molar-refractivity contribution >= 4 is 22.4 Å². The highest BCUT2D eigenvalue weighted by molar-refractivity contribution is 7.13. The van der Waals surface area contributed by atoms with Gasteiger partial charge in [0, 0.05) is 29.9 Å². The molecule has 0 unspecified atom stereocenters. The summed E-state index contributed by atoms with van der Waals surface area (Å²) in [4.78, 5) is 18.4. The molecule has 0 radical (unpaired) electrons. The zero-order valence-electron chi connectivity index (χ0n) is 14.5. The van der Waals surface area contributed by atoms with Crippen molar-refractivity contribution in [3.05, 3.63) is 59.4 Å². The Balaban J connectivity index is 1.63. The molecule has 1 aromatic carbocycles. The number of nitrogens with zero attached hydrogens (tertiary/aromatic N) is 4. The van der Waals surface area contributed by atoms with Gasteiger partial charge in [-0.05, 0) is 38.6 Å². The molecule has 0 saturated carbocycles. The maximum Gasteiger partial charge on any atom is 0.243 e. The van der Waals surface area contributed by atoms with Crippen LogP contribution in [-0.4, -0.2) is 38.7 Å². The van der Waals surface area contributed by atoms with Crippen LogP contribution in [0, 0.1) is 6.92 Å². The number of rotatable bonds is 6. The van der Waals surface area contributed by atoms with Gasteiger partial charge >= 0.3 is 0 Å². The third kappa shape index (κ3) is 4.32. The molecule has 25 heavy (non-hydrogen) atoms. The third-order valence-electron chi connectivity index (χ3n) is 4.04. The van der Waals surface area contributed by atoms with E-state index in [1.165, 1.54) is 16.9 Å². The van der Waals surface area contributed by atoms with Crippen molar-refractivity contribution in [3.8, 4) is 5.69 Å². The van der Waals surface area contributed by atoms with Crippen LogP contribution in [0.3, 0.4) is 0 Å². The van der Waals surface area contributed by atoms with Crippen LogP contribution < -0.4 is 5.32 Å².